The summed E-state index contributed by atoms with van der Waals surface area (Å²) >= 11 is 1.83. The van der Waals surface area contributed by atoms with Crippen LogP contribution in [-0.2, 0) is 0 Å². The average Bonchev–Trinajstić information content (AvgIpc) is 2.88. The smallest absolute Gasteiger partial charge is 0.0386 e. The number of nitrogens with zero attached hydrogens (tertiary/aromatic N) is 2. The van der Waals surface area contributed by atoms with Gasteiger partial charge >= 0.3 is 0 Å². The van der Waals surface area contributed by atoms with Crippen molar-refractivity contribution >= 4 is 11.3 Å². The van der Waals surface area contributed by atoms with E-state index in [-0.39, 0.29) is 0 Å². The Hall–Kier alpha value is -0.420. The highest BCUT2D eigenvalue weighted by molar-refractivity contribution is 7.10. The zero-order chi connectivity index (χ0) is 15.0. The fourth-order valence-electron chi connectivity index (χ4n) is 2.23. The Morgan fingerprint density at radius 2 is 1.90 bits per heavy atom. The Bertz CT molecular complexity index is 336. The van der Waals surface area contributed by atoms with Crippen LogP contribution in [0.5, 0.6) is 0 Å². The van der Waals surface area contributed by atoms with Crippen molar-refractivity contribution in [2.24, 2.45) is 5.92 Å². The third-order valence-corrected chi connectivity index (χ3v) is 4.39. The molecule has 4 heteroatoms. The van der Waals surface area contributed by atoms with Crippen molar-refractivity contribution in [3.63, 3.8) is 0 Å². The molecule has 0 bridgehead atoms. The molecule has 0 aliphatic carbocycles. The minimum atomic E-state index is 0.463. The van der Waals surface area contributed by atoms with E-state index in [1.54, 1.807) is 0 Å². The van der Waals surface area contributed by atoms with Gasteiger partial charge < -0.3 is 15.1 Å². The molecule has 0 radical (unpaired) electrons. The molecule has 1 rings (SSSR count). The molecule has 1 N–H and O–H groups in total. The van der Waals surface area contributed by atoms with Gasteiger partial charge in [0.15, 0.2) is 0 Å². The second-order valence-corrected chi connectivity index (χ2v) is 7.17. The van der Waals surface area contributed by atoms with Crippen molar-refractivity contribution in [1.82, 2.24) is 15.1 Å². The van der Waals surface area contributed by atoms with E-state index in [1.807, 2.05) is 11.3 Å². The van der Waals surface area contributed by atoms with Crippen LogP contribution in [0.4, 0.5) is 0 Å². The molecular weight excluding hydrogens is 266 g/mol. The molecule has 0 amide bonds. The Kier molecular flexibility index (Phi) is 8.38. The van der Waals surface area contributed by atoms with Crippen LogP contribution in [-0.4, -0.2) is 56.6 Å². The van der Waals surface area contributed by atoms with Gasteiger partial charge in [0.25, 0.3) is 0 Å². The molecule has 0 aliphatic heterocycles. The predicted octanol–water partition coefficient (Wildman–Crippen LogP) is 2.92. The SMILES string of the molecule is CC(C)CN(CCNC(C)c1cccs1)CCN(C)C. The second-order valence-electron chi connectivity index (χ2n) is 6.19. The molecule has 0 fully saturated rings. The summed E-state index contributed by atoms with van der Waals surface area (Å²) in [7, 11) is 4.29. The molecule has 1 heterocycles. The number of thiophene rings is 1. The molecule has 1 atom stereocenters. The minimum Gasteiger partial charge on any atom is -0.308 e. The lowest BCUT2D eigenvalue weighted by Crippen LogP contribution is -2.39. The fraction of sp³-hybridized carbons (Fsp3) is 0.750. The maximum Gasteiger partial charge on any atom is 0.0386 e. The normalized spacial score (nSPS) is 13.6. The summed E-state index contributed by atoms with van der Waals surface area (Å²) in [5.74, 6) is 0.729. The Morgan fingerprint density at radius 1 is 1.15 bits per heavy atom. The highest BCUT2D eigenvalue weighted by Gasteiger charge is 2.09. The van der Waals surface area contributed by atoms with Crippen LogP contribution in [0.2, 0.25) is 0 Å². The van der Waals surface area contributed by atoms with Crippen molar-refractivity contribution in [3.8, 4) is 0 Å². The Morgan fingerprint density at radius 3 is 2.45 bits per heavy atom. The van der Waals surface area contributed by atoms with Crippen LogP contribution in [0, 0.1) is 5.92 Å². The molecule has 0 saturated heterocycles. The number of hydrogen-bond acceptors (Lipinski definition) is 4. The maximum absolute atomic E-state index is 3.63. The van der Waals surface area contributed by atoms with Crippen LogP contribution >= 0.6 is 11.3 Å². The van der Waals surface area contributed by atoms with Crippen LogP contribution in [0.25, 0.3) is 0 Å². The van der Waals surface area contributed by atoms with Gasteiger partial charge in [0.1, 0.15) is 0 Å². The van der Waals surface area contributed by atoms with Crippen molar-refractivity contribution in [1.29, 1.82) is 0 Å². The lowest BCUT2D eigenvalue weighted by Gasteiger charge is -2.26. The molecule has 0 saturated carbocycles. The van der Waals surface area contributed by atoms with Crippen molar-refractivity contribution in [2.45, 2.75) is 26.8 Å². The van der Waals surface area contributed by atoms with Gasteiger partial charge in [0.2, 0.25) is 0 Å². The quantitative estimate of drug-likeness (QED) is 0.716. The first kappa shape index (κ1) is 17.6. The Balaban J connectivity index is 2.29. The first-order chi connectivity index (χ1) is 9.49. The van der Waals surface area contributed by atoms with Crippen molar-refractivity contribution in [3.05, 3.63) is 22.4 Å². The Labute approximate surface area is 129 Å². The molecule has 3 nitrogen and oxygen atoms in total. The monoisotopic (exact) mass is 297 g/mol. The van der Waals surface area contributed by atoms with Crippen molar-refractivity contribution in [2.75, 3.05) is 46.8 Å². The van der Waals surface area contributed by atoms with Gasteiger partial charge in [-0.3, -0.25) is 0 Å². The molecule has 20 heavy (non-hydrogen) atoms. The van der Waals surface area contributed by atoms with E-state index in [2.05, 4.69) is 67.5 Å². The van der Waals surface area contributed by atoms with E-state index < -0.39 is 0 Å². The molecule has 0 aliphatic rings. The molecule has 116 valence electrons. The van der Waals surface area contributed by atoms with Crippen LogP contribution in [0.3, 0.4) is 0 Å². The number of rotatable bonds is 10. The number of likely N-dealkylation sites (N-methyl/N-ethyl adjacent to an activating group) is 1. The van der Waals surface area contributed by atoms with Gasteiger partial charge in [0.05, 0.1) is 0 Å². The highest BCUT2D eigenvalue weighted by atomic mass is 32.1. The van der Waals surface area contributed by atoms with Gasteiger partial charge in [-0.15, -0.1) is 11.3 Å². The van der Waals surface area contributed by atoms with Gasteiger partial charge in [-0.25, -0.2) is 0 Å². The molecular formula is C16H31N3S. The summed E-state index contributed by atoms with van der Waals surface area (Å²) in [5.41, 5.74) is 0. The van der Waals surface area contributed by atoms with Gasteiger partial charge in [-0.2, -0.15) is 0 Å². The highest BCUT2D eigenvalue weighted by Crippen LogP contribution is 2.17. The largest absolute Gasteiger partial charge is 0.308 e. The minimum absolute atomic E-state index is 0.463. The van der Waals surface area contributed by atoms with E-state index >= 15 is 0 Å². The van der Waals surface area contributed by atoms with Crippen LogP contribution in [0.15, 0.2) is 17.5 Å². The zero-order valence-corrected chi connectivity index (χ0v) is 14.5. The first-order valence-electron chi connectivity index (χ1n) is 7.63. The third kappa shape index (κ3) is 7.39. The maximum atomic E-state index is 3.63. The molecule has 1 aromatic rings. The molecule has 0 aromatic carbocycles. The summed E-state index contributed by atoms with van der Waals surface area (Å²) in [5, 5.41) is 5.78. The van der Waals surface area contributed by atoms with E-state index in [1.165, 1.54) is 11.4 Å². The van der Waals surface area contributed by atoms with Gasteiger partial charge in [-0.05, 0) is 38.4 Å². The second kappa shape index (κ2) is 9.50. The van der Waals surface area contributed by atoms with Gasteiger partial charge in [-0.1, -0.05) is 19.9 Å². The summed E-state index contributed by atoms with van der Waals surface area (Å²) < 4.78 is 0. The van der Waals surface area contributed by atoms with Gasteiger partial charge in [0, 0.05) is 43.6 Å². The zero-order valence-electron chi connectivity index (χ0n) is 13.7. The van der Waals surface area contributed by atoms with E-state index in [9.17, 15) is 0 Å². The summed E-state index contributed by atoms with van der Waals surface area (Å²) in [6.45, 7) is 12.5. The van der Waals surface area contributed by atoms with E-state index in [0.29, 0.717) is 6.04 Å². The average molecular weight is 298 g/mol. The predicted molar refractivity (Wildman–Crippen MR) is 90.6 cm³/mol. The molecule has 1 aromatic heterocycles. The molecule has 0 spiro atoms. The summed E-state index contributed by atoms with van der Waals surface area (Å²) in [4.78, 5) is 6.25. The standard InChI is InChI=1S/C16H31N3S/c1-14(2)13-19(11-10-18(4)5)9-8-17-15(3)16-7-6-12-20-16/h6-7,12,14-15,17H,8-11,13H2,1-5H3. The van der Waals surface area contributed by atoms with Crippen molar-refractivity contribution < 1.29 is 0 Å². The first-order valence-corrected chi connectivity index (χ1v) is 8.51. The number of nitrogens with one attached hydrogen (secondary N) is 1. The lowest BCUT2D eigenvalue weighted by molar-refractivity contribution is 0.217. The molecule has 1 unspecified atom stereocenters. The topological polar surface area (TPSA) is 18.5 Å². The summed E-state index contributed by atoms with van der Waals surface area (Å²) in [6.07, 6.45) is 0. The van der Waals surface area contributed by atoms with Crippen LogP contribution < -0.4 is 5.32 Å². The number of hydrogen-bond donors (Lipinski definition) is 1. The fourth-order valence-corrected chi connectivity index (χ4v) is 2.99. The third-order valence-electron chi connectivity index (χ3n) is 3.34. The van der Waals surface area contributed by atoms with Crippen LogP contribution in [0.1, 0.15) is 31.7 Å². The lowest BCUT2D eigenvalue weighted by atomic mass is 10.2. The summed E-state index contributed by atoms with van der Waals surface area (Å²) in [6, 6.07) is 4.80. The van der Waals surface area contributed by atoms with E-state index in [4.69, 9.17) is 0 Å². The van der Waals surface area contributed by atoms with E-state index in [0.717, 1.165) is 32.1 Å².